The zero-order valence-electron chi connectivity index (χ0n) is 10.4. The molecular formula is C14H17N3O. The van der Waals surface area contributed by atoms with Gasteiger partial charge in [0.25, 0.3) is 0 Å². The number of rotatable bonds is 1. The van der Waals surface area contributed by atoms with E-state index in [0.29, 0.717) is 0 Å². The molecule has 4 nitrogen and oxygen atoms in total. The number of anilines is 2. The Hall–Kier alpha value is -1.81. The van der Waals surface area contributed by atoms with Crippen molar-refractivity contribution in [1.29, 1.82) is 0 Å². The highest BCUT2D eigenvalue weighted by molar-refractivity contribution is 6.02. The maximum atomic E-state index is 11.5. The third-order valence-corrected chi connectivity index (χ3v) is 3.71. The van der Waals surface area contributed by atoms with Crippen LogP contribution in [-0.2, 0) is 4.79 Å². The molecular weight excluding hydrogens is 226 g/mol. The third-order valence-electron chi connectivity index (χ3n) is 3.71. The predicted octanol–water partition coefficient (Wildman–Crippen LogP) is 1.79. The molecule has 0 bridgehead atoms. The van der Waals surface area contributed by atoms with Gasteiger partial charge >= 0.3 is 0 Å². The second-order valence-electron chi connectivity index (χ2n) is 4.98. The van der Waals surface area contributed by atoms with E-state index in [-0.39, 0.29) is 5.91 Å². The van der Waals surface area contributed by atoms with Crippen molar-refractivity contribution < 1.29 is 4.79 Å². The van der Waals surface area contributed by atoms with E-state index >= 15 is 0 Å². The highest BCUT2D eigenvalue weighted by atomic mass is 16.2. The lowest BCUT2D eigenvalue weighted by Gasteiger charge is -2.28. The molecule has 0 fully saturated rings. The molecule has 1 aromatic rings. The van der Waals surface area contributed by atoms with Crippen LogP contribution >= 0.6 is 0 Å². The molecule has 94 valence electrons. The summed E-state index contributed by atoms with van der Waals surface area (Å²) in [5.41, 5.74) is 10.1. The monoisotopic (exact) mass is 243 g/mol. The topological polar surface area (TPSA) is 58.4 Å². The SMILES string of the molecule is CC1=CCN(c2ccc3c(c2)NC(=O)C3N)CC1. The molecule has 0 saturated heterocycles. The van der Waals surface area contributed by atoms with Gasteiger partial charge in [0.2, 0.25) is 5.91 Å². The fourth-order valence-electron chi connectivity index (χ4n) is 2.48. The van der Waals surface area contributed by atoms with E-state index in [1.165, 1.54) is 5.57 Å². The second kappa shape index (κ2) is 4.14. The molecule has 4 heteroatoms. The summed E-state index contributed by atoms with van der Waals surface area (Å²) < 4.78 is 0. The Balaban J connectivity index is 1.88. The Morgan fingerprint density at radius 3 is 3.00 bits per heavy atom. The van der Waals surface area contributed by atoms with E-state index in [9.17, 15) is 4.79 Å². The van der Waals surface area contributed by atoms with Crippen LogP contribution in [0.1, 0.15) is 24.9 Å². The van der Waals surface area contributed by atoms with Crippen LogP contribution in [0.25, 0.3) is 0 Å². The van der Waals surface area contributed by atoms with Gasteiger partial charge in [-0.2, -0.15) is 0 Å². The Kier molecular flexibility index (Phi) is 2.59. The number of amides is 1. The lowest BCUT2D eigenvalue weighted by Crippen LogP contribution is -2.28. The molecule has 0 radical (unpaired) electrons. The standard InChI is InChI=1S/C14H17N3O/c1-9-4-6-17(7-5-9)10-2-3-11-12(8-10)16-14(18)13(11)15/h2-4,8,13H,5-7,15H2,1H3,(H,16,18). The predicted molar refractivity (Wildman–Crippen MR) is 72.6 cm³/mol. The van der Waals surface area contributed by atoms with Crippen LogP contribution in [0.2, 0.25) is 0 Å². The van der Waals surface area contributed by atoms with Gasteiger partial charge in [0, 0.05) is 30.0 Å². The van der Waals surface area contributed by atoms with Crippen LogP contribution in [0.3, 0.4) is 0 Å². The van der Waals surface area contributed by atoms with Crippen LogP contribution < -0.4 is 16.0 Å². The highest BCUT2D eigenvalue weighted by Gasteiger charge is 2.27. The number of carbonyl (C=O) groups is 1. The Labute approximate surface area is 106 Å². The van der Waals surface area contributed by atoms with Gasteiger partial charge in [0.1, 0.15) is 6.04 Å². The summed E-state index contributed by atoms with van der Waals surface area (Å²) in [6, 6.07) is 5.51. The quantitative estimate of drug-likeness (QED) is 0.739. The minimum absolute atomic E-state index is 0.114. The average molecular weight is 243 g/mol. The van der Waals surface area contributed by atoms with E-state index in [1.807, 2.05) is 18.2 Å². The maximum Gasteiger partial charge on any atom is 0.245 e. The minimum Gasteiger partial charge on any atom is -0.367 e. The third kappa shape index (κ3) is 1.78. The first kappa shape index (κ1) is 11.3. The van der Waals surface area contributed by atoms with Gasteiger partial charge in [-0.05, 0) is 25.5 Å². The van der Waals surface area contributed by atoms with Crippen molar-refractivity contribution in [2.24, 2.45) is 5.73 Å². The number of nitrogens with two attached hydrogens (primary N) is 1. The molecule has 18 heavy (non-hydrogen) atoms. The van der Waals surface area contributed by atoms with Crippen molar-refractivity contribution in [3.63, 3.8) is 0 Å². The van der Waals surface area contributed by atoms with Crippen molar-refractivity contribution in [2.45, 2.75) is 19.4 Å². The molecule has 1 unspecified atom stereocenters. The number of hydrogen-bond acceptors (Lipinski definition) is 3. The van der Waals surface area contributed by atoms with Crippen molar-refractivity contribution in [1.82, 2.24) is 0 Å². The summed E-state index contributed by atoms with van der Waals surface area (Å²) >= 11 is 0. The number of fused-ring (bicyclic) bond motifs is 1. The molecule has 2 aliphatic rings. The summed E-state index contributed by atoms with van der Waals surface area (Å²) in [4.78, 5) is 13.8. The van der Waals surface area contributed by atoms with Crippen LogP contribution in [0.4, 0.5) is 11.4 Å². The molecule has 3 rings (SSSR count). The Morgan fingerprint density at radius 1 is 1.44 bits per heavy atom. The van der Waals surface area contributed by atoms with Crippen molar-refractivity contribution in [3.05, 3.63) is 35.4 Å². The Morgan fingerprint density at radius 2 is 2.28 bits per heavy atom. The molecule has 0 aliphatic carbocycles. The first-order valence-electron chi connectivity index (χ1n) is 6.26. The number of hydrogen-bond donors (Lipinski definition) is 2. The Bertz CT molecular complexity index is 536. The molecule has 0 aromatic heterocycles. The van der Waals surface area contributed by atoms with Crippen LogP contribution in [0, 0.1) is 0 Å². The average Bonchev–Trinajstić information content (AvgIpc) is 2.65. The van der Waals surface area contributed by atoms with Gasteiger partial charge in [0.15, 0.2) is 0 Å². The van der Waals surface area contributed by atoms with Crippen molar-refractivity contribution in [3.8, 4) is 0 Å². The fraction of sp³-hybridized carbons (Fsp3) is 0.357. The summed E-state index contributed by atoms with van der Waals surface area (Å²) in [6.45, 7) is 4.13. The van der Waals surface area contributed by atoms with Gasteiger partial charge in [0.05, 0.1) is 0 Å². The number of benzene rings is 1. The van der Waals surface area contributed by atoms with Crippen LogP contribution in [-0.4, -0.2) is 19.0 Å². The van der Waals surface area contributed by atoms with Crippen molar-refractivity contribution in [2.75, 3.05) is 23.3 Å². The highest BCUT2D eigenvalue weighted by Crippen LogP contribution is 2.33. The van der Waals surface area contributed by atoms with E-state index in [0.717, 1.165) is 36.4 Å². The van der Waals surface area contributed by atoms with Gasteiger partial charge in [-0.25, -0.2) is 0 Å². The fourth-order valence-corrected chi connectivity index (χ4v) is 2.48. The molecule has 2 aliphatic heterocycles. The molecule has 0 saturated carbocycles. The summed E-state index contributed by atoms with van der Waals surface area (Å²) in [6.07, 6.45) is 3.35. The van der Waals surface area contributed by atoms with E-state index in [1.54, 1.807) is 0 Å². The number of carbonyl (C=O) groups excluding carboxylic acids is 1. The molecule has 2 heterocycles. The van der Waals surface area contributed by atoms with Crippen molar-refractivity contribution >= 4 is 17.3 Å². The van der Waals surface area contributed by atoms with Crippen LogP contribution in [0.5, 0.6) is 0 Å². The summed E-state index contributed by atoms with van der Waals surface area (Å²) in [5, 5.41) is 2.83. The summed E-state index contributed by atoms with van der Waals surface area (Å²) in [7, 11) is 0. The molecule has 3 N–H and O–H groups in total. The smallest absolute Gasteiger partial charge is 0.245 e. The zero-order chi connectivity index (χ0) is 12.7. The minimum atomic E-state index is -0.516. The normalized spacial score (nSPS) is 22.6. The molecule has 0 spiro atoms. The van der Waals surface area contributed by atoms with E-state index in [2.05, 4.69) is 23.2 Å². The molecule has 1 atom stereocenters. The number of nitrogens with one attached hydrogen (secondary N) is 1. The van der Waals surface area contributed by atoms with Crippen LogP contribution in [0.15, 0.2) is 29.8 Å². The van der Waals surface area contributed by atoms with E-state index in [4.69, 9.17) is 5.73 Å². The molecule has 1 aromatic carbocycles. The lowest BCUT2D eigenvalue weighted by molar-refractivity contribution is -0.116. The van der Waals surface area contributed by atoms with E-state index < -0.39 is 6.04 Å². The maximum absolute atomic E-state index is 11.5. The first-order chi connectivity index (χ1) is 8.65. The van der Waals surface area contributed by atoms with Gasteiger partial charge in [-0.15, -0.1) is 0 Å². The second-order valence-corrected chi connectivity index (χ2v) is 4.98. The largest absolute Gasteiger partial charge is 0.367 e. The first-order valence-corrected chi connectivity index (χ1v) is 6.26. The lowest BCUT2D eigenvalue weighted by atomic mass is 10.1. The zero-order valence-corrected chi connectivity index (χ0v) is 10.4. The number of nitrogens with zero attached hydrogens (tertiary/aromatic N) is 1. The van der Waals surface area contributed by atoms with Gasteiger partial charge in [-0.1, -0.05) is 17.7 Å². The van der Waals surface area contributed by atoms with Gasteiger partial charge < -0.3 is 16.0 Å². The van der Waals surface area contributed by atoms with Gasteiger partial charge in [-0.3, -0.25) is 4.79 Å². The summed E-state index contributed by atoms with van der Waals surface area (Å²) in [5.74, 6) is -0.114. The molecule has 1 amide bonds.